The van der Waals surface area contributed by atoms with E-state index in [1.165, 1.54) is 0 Å². The van der Waals surface area contributed by atoms with Crippen molar-refractivity contribution in [1.82, 2.24) is 0 Å². The molecule has 54 heavy (non-hydrogen) atoms. The lowest BCUT2D eigenvalue weighted by Gasteiger charge is -2.38. The summed E-state index contributed by atoms with van der Waals surface area (Å²) in [6.07, 6.45) is 5.07. The number of ether oxygens (including phenoxy) is 3. The number of methoxy groups -OCH3 is 2. The molecule has 5 rings (SSSR count). The van der Waals surface area contributed by atoms with E-state index in [9.17, 15) is 4.79 Å². The number of carbonyl (C=O) groups is 1. The summed E-state index contributed by atoms with van der Waals surface area (Å²) < 4.78 is 16.9. The number of nitrogens with zero attached hydrogens (tertiary/aromatic N) is 2. The molecule has 0 aliphatic carbocycles. The Bertz CT molecular complexity index is 1780. The number of hydrogen-bond acceptors (Lipinski definition) is 6. The number of cyclic esters (lactones) is 1. The molecule has 6 nitrogen and oxygen atoms in total. The van der Waals surface area contributed by atoms with Crippen molar-refractivity contribution in [3.05, 3.63) is 131 Å². The van der Waals surface area contributed by atoms with Crippen LogP contribution in [0.3, 0.4) is 0 Å². The Morgan fingerprint density at radius 2 is 1.04 bits per heavy atom. The fourth-order valence-corrected chi connectivity index (χ4v) is 8.11. The lowest BCUT2D eigenvalue weighted by Crippen LogP contribution is -2.43. The fraction of sp³-hybridized carbons (Fsp3) is 0.341. The number of hydrogen-bond donors (Lipinski definition) is 0. The van der Waals surface area contributed by atoms with E-state index in [2.05, 4.69) is 60.7 Å². The van der Waals surface area contributed by atoms with Gasteiger partial charge in [-0.2, -0.15) is 0 Å². The Hall–Kier alpha value is -3.81. The largest absolute Gasteiger partial charge is 0.497 e. The monoisotopic (exact) mass is 808 g/mol. The summed E-state index contributed by atoms with van der Waals surface area (Å²) in [6, 6.07) is 32.1. The minimum absolute atomic E-state index is 0.119. The molecule has 4 aromatic carbocycles. The van der Waals surface area contributed by atoms with Crippen molar-refractivity contribution < 1.29 is 19.0 Å². The fourth-order valence-electron chi connectivity index (χ4n) is 6.61. The van der Waals surface area contributed by atoms with E-state index in [4.69, 9.17) is 60.6 Å². The predicted molar refractivity (Wildman–Crippen MR) is 227 cm³/mol. The molecule has 1 aliphatic rings. The van der Waals surface area contributed by atoms with E-state index in [1.54, 1.807) is 14.2 Å². The maximum Gasteiger partial charge on any atom is 0.307 e. The highest BCUT2D eigenvalue weighted by molar-refractivity contribution is 6.38. The Morgan fingerprint density at radius 1 is 0.648 bits per heavy atom. The molecule has 0 radical (unpaired) electrons. The van der Waals surface area contributed by atoms with Gasteiger partial charge in [0.15, 0.2) is 0 Å². The van der Waals surface area contributed by atoms with Crippen molar-refractivity contribution in [2.24, 2.45) is 5.41 Å². The standard InChI is InChI=1S/C44H48Cl4N2O4/c1-49(2)33-17-9-29(10-18-33)37(31-13-21-35(52-5)22-14-31)26-44(28-40(51)54-25-7-8-39(45)41(46)42(47)43(44)48)27-38(32-15-23-36(53-6)24-16-32)30-11-19-34(20-12-30)50(3)4/h9-24,26-27,39,41-43H,7-8,25,28H2,1-6H3. The number of halogens is 4. The SMILES string of the molecule is COc1ccc(C(=CC2(C=C(c3ccc(OC)cc3)c3ccc(N(C)C)cc3)CC(=O)OCCCC(Cl)C(Cl)C(Cl)C2Cl)c2ccc(N(C)C)cc2)cc1. The Morgan fingerprint density at radius 3 is 1.41 bits per heavy atom. The van der Waals surface area contributed by atoms with Crippen LogP contribution in [0.2, 0.25) is 0 Å². The highest BCUT2D eigenvalue weighted by Gasteiger charge is 2.45. The molecule has 0 bridgehead atoms. The predicted octanol–water partition coefficient (Wildman–Crippen LogP) is 10.5. The molecule has 1 saturated heterocycles. The first kappa shape index (κ1) is 41.4. The van der Waals surface area contributed by atoms with Gasteiger partial charge >= 0.3 is 5.97 Å². The van der Waals surface area contributed by atoms with Crippen LogP contribution in [-0.4, -0.2) is 76.5 Å². The third kappa shape index (κ3) is 9.89. The highest BCUT2D eigenvalue weighted by atomic mass is 35.5. The first-order chi connectivity index (χ1) is 25.8. The van der Waals surface area contributed by atoms with Crippen LogP contribution in [0.5, 0.6) is 11.5 Å². The van der Waals surface area contributed by atoms with Gasteiger partial charge in [-0.1, -0.05) is 60.7 Å². The van der Waals surface area contributed by atoms with Crippen LogP contribution in [-0.2, 0) is 9.53 Å². The van der Waals surface area contributed by atoms with Crippen LogP contribution in [0, 0.1) is 5.41 Å². The topological polar surface area (TPSA) is 51.2 Å². The number of rotatable bonds is 10. The molecule has 286 valence electrons. The van der Waals surface area contributed by atoms with Crippen LogP contribution >= 0.6 is 46.4 Å². The lowest BCUT2D eigenvalue weighted by molar-refractivity contribution is -0.145. The highest BCUT2D eigenvalue weighted by Crippen LogP contribution is 2.47. The number of allylic oxidation sites excluding steroid dienone is 2. The van der Waals surface area contributed by atoms with Gasteiger partial charge in [-0.15, -0.1) is 46.4 Å². The average molecular weight is 811 g/mol. The normalized spacial score (nSPS) is 22.8. The molecule has 1 fully saturated rings. The van der Waals surface area contributed by atoms with E-state index in [1.807, 2.05) is 86.5 Å². The van der Waals surface area contributed by atoms with Gasteiger partial charge in [-0.05, 0) is 94.8 Å². The summed E-state index contributed by atoms with van der Waals surface area (Å²) in [4.78, 5) is 18.2. The van der Waals surface area contributed by atoms with Crippen molar-refractivity contribution >= 4 is 74.9 Å². The van der Waals surface area contributed by atoms with Crippen molar-refractivity contribution in [3.63, 3.8) is 0 Å². The number of benzene rings is 4. The number of alkyl halides is 4. The zero-order valence-electron chi connectivity index (χ0n) is 31.6. The molecule has 0 saturated carbocycles. The van der Waals surface area contributed by atoms with Crippen LogP contribution in [0.4, 0.5) is 11.4 Å². The molecule has 1 aliphatic heterocycles. The van der Waals surface area contributed by atoms with Gasteiger partial charge in [0.05, 0.1) is 48.8 Å². The molecule has 1 heterocycles. The van der Waals surface area contributed by atoms with Crippen LogP contribution in [0.1, 0.15) is 41.5 Å². The first-order valence-corrected chi connectivity index (χ1v) is 19.6. The Balaban J connectivity index is 1.89. The number of esters is 1. The van der Waals surface area contributed by atoms with Crippen LogP contribution < -0.4 is 19.3 Å². The Kier molecular flexibility index (Phi) is 14.3. The summed E-state index contributed by atoms with van der Waals surface area (Å²) >= 11 is 29.0. The van der Waals surface area contributed by atoms with E-state index >= 15 is 0 Å². The number of anilines is 2. The zero-order chi connectivity index (χ0) is 39.0. The summed E-state index contributed by atoms with van der Waals surface area (Å²) in [7, 11) is 11.3. The third-order valence-electron chi connectivity index (χ3n) is 9.80. The minimum Gasteiger partial charge on any atom is -0.497 e. The van der Waals surface area contributed by atoms with E-state index in [0.29, 0.717) is 24.3 Å². The first-order valence-electron chi connectivity index (χ1n) is 17.9. The average Bonchev–Trinajstić information content (AvgIpc) is 3.20. The van der Waals surface area contributed by atoms with Crippen molar-refractivity contribution in [3.8, 4) is 11.5 Å². The third-order valence-corrected chi connectivity index (χ3v) is 12.5. The molecule has 10 heteroatoms. The van der Waals surface area contributed by atoms with E-state index in [0.717, 1.165) is 44.8 Å². The molecule has 4 atom stereocenters. The van der Waals surface area contributed by atoms with Gasteiger partial charge < -0.3 is 24.0 Å². The lowest BCUT2D eigenvalue weighted by atomic mass is 9.73. The smallest absolute Gasteiger partial charge is 0.307 e. The van der Waals surface area contributed by atoms with Gasteiger partial charge in [-0.3, -0.25) is 4.79 Å². The maximum absolute atomic E-state index is 14.1. The molecule has 0 aromatic heterocycles. The summed E-state index contributed by atoms with van der Waals surface area (Å²) in [5.74, 6) is 1.02. The second kappa shape index (κ2) is 18.7. The maximum atomic E-state index is 14.1. The second-order valence-corrected chi connectivity index (χ2v) is 16.0. The van der Waals surface area contributed by atoms with Crippen molar-refractivity contribution in [2.75, 3.05) is 58.8 Å². The van der Waals surface area contributed by atoms with Gasteiger partial charge in [0.1, 0.15) is 11.5 Å². The van der Waals surface area contributed by atoms with Gasteiger partial charge in [0.2, 0.25) is 0 Å². The molecule has 4 aromatic rings. The molecular formula is C44H48Cl4N2O4. The minimum atomic E-state index is -1.27. The Labute approximate surface area is 340 Å². The van der Waals surface area contributed by atoms with Gasteiger partial charge in [0, 0.05) is 45.0 Å². The second-order valence-electron chi connectivity index (χ2n) is 13.9. The molecule has 0 spiro atoms. The quantitative estimate of drug-likeness (QED) is 0.117. The summed E-state index contributed by atoms with van der Waals surface area (Å²) in [6.45, 7) is 0.198. The molecule has 0 amide bonds. The van der Waals surface area contributed by atoms with Gasteiger partial charge in [0.25, 0.3) is 0 Å². The summed E-state index contributed by atoms with van der Waals surface area (Å²) in [5, 5.41) is -3.00. The van der Waals surface area contributed by atoms with Crippen LogP contribution in [0.15, 0.2) is 109 Å². The van der Waals surface area contributed by atoms with Crippen molar-refractivity contribution in [2.45, 2.75) is 40.8 Å². The molecule has 0 N–H and O–H groups in total. The van der Waals surface area contributed by atoms with Crippen molar-refractivity contribution in [1.29, 1.82) is 0 Å². The van der Waals surface area contributed by atoms with E-state index in [-0.39, 0.29) is 13.0 Å². The summed E-state index contributed by atoms with van der Waals surface area (Å²) in [5.41, 5.74) is 6.07. The van der Waals surface area contributed by atoms with Gasteiger partial charge in [-0.25, -0.2) is 0 Å². The molecule has 4 unspecified atom stereocenters. The van der Waals surface area contributed by atoms with Crippen LogP contribution in [0.25, 0.3) is 11.1 Å². The molecular weight excluding hydrogens is 762 g/mol. The zero-order valence-corrected chi connectivity index (χ0v) is 34.6. The van der Waals surface area contributed by atoms with E-state index < -0.39 is 32.9 Å². The number of carbonyl (C=O) groups excluding carboxylic acids is 1.